The van der Waals surface area contributed by atoms with E-state index in [9.17, 15) is 13.6 Å². The molecule has 1 aliphatic carbocycles. The Kier molecular flexibility index (Phi) is 3.51. The molecule has 6 nitrogen and oxygen atoms in total. The van der Waals surface area contributed by atoms with Crippen LogP contribution in [0.25, 0.3) is 0 Å². The van der Waals surface area contributed by atoms with Gasteiger partial charge in [-0.15, -0.1) is 0 Å². The Labute approximate surface area is 136 Å². The molecule has 2 aromatic rings. The fraction of sp³-hybridized carbons (Fsp3) is 0.312. The highest BCUT2D eigenvalue weighted by atomic mass is 19.3. The summed E-state index contributed by atoms with van der Waals surface area (Å²) < 4.78 is 30.6. The standard InChI is InChI=1S/C16H14F2N4O2/c17-15(18)24-10-6-4-9(5-7-10)14-13-11(2-1-3-12(13)23)21-16-19-8-20-22(14)16/h4-8,14-15H,1-3H2,(H,19,20,21)/t14-/m1/s1. The third-order valence-electron chi connectivity index (χ3n) is 4.23. The number of anilines is 1. The number of carbonyl (C=O) groups is 1. The van der Waals surface area contributed by atoms with Crippen molar-refractivity contribution in [2.75, 3.05) is 5.32 Å². The fourth-order valence-corrected chi connectivity index (χ4v) is 3.24. The molecular weight excluding hydrogens is 318 g/mol. The highest BCUT2D eigenvalue weighted by Crippen LogP contribution is 2.39. The molecule has 0 bridgehead atoms. The number of Topliss-reactive ketones (excluding diaryl/α,β-unsaturated/α-hetero) is 1. The largest absolute Gasteiger partial charge is 0.435 e. The van der Waals surface area contributed by atoms with E-state index in [-0.39, 0.29) is 11.5 Å². The Bertz CT molecular complexity index is 814. The molecule has 124 valence electrons. The lowest BCUT2D eigenvalue weighted by Crippen LogP contribution is -2.31. The molecule has 1 aromatic carbocycles. The molecule has 0 saturated heterocycles. The zero-order valence-corrected chi connectivity index (χ0v) is 12.6. The van der Waals surface area contributed by atoms with Crippen molar-refractivity contribution >= 4 is 11.7 Å². The van der Waals surface area contributed by atoms with E-state index in [0.29, 0.717) is 17.9 Å². The first kappa shape index (κ1) is 14.8. The second-order valence-corrected chi connectivity index (χ2v) is 5.67. The summed E-state index contributed by atoms with van der Waals surface area (Å²) in [5, 5.41) is 7.39. The highest BCUT2D eigenvalue weighted by Gasteiger charge is 2.35. The maximum Gasteiger partial charge on any atom is 0.387 e. The number of aromatic nitrogens is 3. The second kappa shape index (κ2) is 5.70. The predicted molar refractivity (Wildman–Crippen MR) is 80.7 cm³/mol. The average molecular weight is 332 g/mol. The van der Waals surface area contributed by atoms with Gasteiger partial charge in [0.05, 0.1) is 0 Å². The van der Waals surface area contributed by atoms with Gasteiger partial charge in [0.15, 0.2) is 5.78 Å². The van der Waals surface area contributed by atoms with E-state index >= 15 is 0 Å². The molecule has 0 unspecified atom stereocenters. The average Bonchev–Trinajstić information content (AvgIpc) is 3.01. The first-order valence-corrected chi connectivity index (χ1v) is 7.61. The first-order valence-electron chi connectivity index (χ1n) is 7.61. The minimum atomic E-state index is -2.87. The molecule has 8 heteroatoms. The van der Waals surface area contributed by atoms with Crippen LogP contribution in [0.3, 0.4) is 0 Å². The minimum Gasteiger partial charge on any atom is -0.435 e. The van der Waals surface area contributed by atoms with Crippen molar-refractivity contribution in [3.05, 3.63) is 47.4 Å². The maximum absolute atomic E-state index is 12.5. The number of nitrogens with one attached hydrogen (secondary N) is 1. The van der Waals surface area contributed by atoms with Crippen LogP contribution in [0.2, 0.25) is 0 Å². The van der Waals surface area contributed by atoms with Crippen LogP contribution in [0, 0.1) is 0 Å². The quantitative estimate of drug-likeness (QED) is 0.936. The van der Waals surface area contributed by atoms with Gasteiger partial charge in [0.1, 0.15) is 18.1 Å². The van der Waals surface area contributed by atoms with Gasteiger partial charge in [-0.25, -0.2) is 4.68 Å². The topological polar surface area (TPSA) is 69.0 Å². The molecule has 1 aromatic heterocycles. The number of ketones is 1. The monoisotopic (exact) mass is 332 g/mol. The molecule has 1 atom stereocenters. The summed E-state index contributed by atoms with van der Waals surface area (Å²) in [6.07, 6.45) is 3.49. The summed E-state index contributed by atoms with van der Waals surface area (Å²) in [5.74, 6) is 0.717. The molecule has 1 N–H and O–H groups in total. The van der Waals surface area contributed by atoms with Crippen LogP contribution in [-0.2, 0) is 4.79 Å². The van der Waals surface area contributed by atoms with Crippen LogP contribution in [0.4, 0.5) is 14.7 Å². The molecule has 0 fully saturated rings. The summed E-state index contributed by atoms with van der Waals surface area (Å²) in [4.78, 5) is 16.6. The molecule has 0 spiro atoms. The zero-order valence-electron chi connectivity index (χ0n) is 12.6. The van der Waals surface area contributed by atoms with Crippen LogP contribution in [0.15, 0.2) is 41.9 Å². The van der Waals surface area contributed by atoms with Crippen LogP contribution in [0.5, 0.6) is 5.75 Å². The van der Waals surface area contributed by atoms with Crippen LogP contribution < -0.4 is 10.1 Å². The van der Waals surface area contributed by atoms with E-state index in [0.717, 1.165) is 24.1 Å². The van der Waals surface area contributed by atoms with E-state index in [4.69, 9.17) is 0 Å². The van der Waals surface area contributed by atoms with E-state index < -0.39 is 12.7 Å². The van der Waals surface area contributed by atoms with Gasteiger partial charge in [0.25, 0.3) is 0 Å². The molecule has 4 rings (SSSR count). The van der Waals surface area contributed by atoms with Gasteiger partial charge >= 0.3 is 6.61 Å². The first-order chi connectivity index (χ1) is 11.6. The number of ether oxygens (including phenoxy) is 1. The Hall–Kier alpha value is -2.77. The van der Waals surface area contributed by atoms with Crippen molar-refractivity contribution in [2.24, 2.45) is 0 Å². The Balaban J connectivity index is 1.77. The van der Waals surface area contributed by atoms with Gasteiger partial charge in [-0.2, -0.15) is 18.9 Å². The number of allylic oxidation sites excluding steroid dienone is 2. The van der Waals surface area contributed by atoms with E-state index in [2.05, 4.69) is 20.1 Å². The predicted octanol–water partition coefficient (Wildman–Crippen LogP) is 2.90. The fourth-order valence-electron chi connectivity index (χ4n) is 3.24. The molecule has 2 heterocycles. The number of carbonyl (C=O) groups excluding carboxylic acids is 1. The summed E-state index contributed by atoms with van der Waals surface area (Å²) >= 11 is 0. The number of nitrogens with zero attached hydrogens (tertiary/aromatic N) is 3. The van der Waals surface area contributed by atoms with Gasteiger partial charge in [0.2, 0.25) is 5.95 Å². The van der Waals surface area contributed by atoms with Crippen molar-refractivity contribution in [1.29, 1.82) is 0 Å². The lowest BCUT2D eigenvalue weighted by atomic mass is 9.85. The second-order valence-electron chi connectivity index (χ2n) is 5.67. The molecular formula is C16H14F2N4O2. The normalized spacial score (nSPS) is 19.8. The SMILES string of the molecule is O=C1CCCC2=C1[C@@H](c1ccc(OC(F)F)cc1)n1ncnc1N2. The number of alkyl halides is 2. The third kappa shape index (κ3) is 2.44. The van der Waals surface area contributed by atoms with Crippen LogP contribution in [-0.4, -0.2) is 27.2 Å². The minimum absolute atomic E-state index is 0.0720. The van der Waals surface area contributed by atoms with Crippen LogP contribution >= 0.6 is 0 Å². The number of hydrogen-bond acceptors (Lipinski definition) is 5. The van der Waals surface area contributed by atoms with Crippen molar-refractivity contribution in [2.45, 2.75) is 31.9 Å². The van der Waals surface area contributed by atoms with E-state index in [1.165, 1.54) is 18.5 Å². The smallest absolute Gasteiger partial charge is 0.387 e. The molecule has 1 aliphatic heterocycles. The summed E-state index contributed by atoms with van der Waals surface area (Å²) in [7, 11) is 0. The summed E-state index contributed by atoms with van der Waals surface area (Å²) in [6.45, 7) is -2.87. The lowest BCUT2D eigenvalue weighted by molar-refractivity contribution is -0.116. The van der Waals surface area contributed by atoms with Gasteiger partial charge in [-0.3, -0.25) is 4.79 Å². The van der Waals surface area contributed by atoms with Gasteiger partial charge in [-0.05, 0) is 30.5 Å². The van der Waals surface area contributed by atoms with E-state index in [1.807, 2.05) is 0 Å². The lowest BCUT2D eigenvalue weighted by Gasteiger charge is -2.32. The number of rotatable bonds is 3. The number of hydrogen-bond donors (Lipinski definition) is 1. The van der Waals surface area contributed by atoms with Gasteiger partial charge in [0, 0.05) is 17.7 Å². The van der Waals surface area contributed by atoms with Crippen molar-refractivity contribution in [1.82, 2.24) is 14.8 Å². The molecule has 0 amide bonds. The molecule has 0 saturated carbocycles. The molecule has 2 aliphatic rings. The Morgan fingerprint density at radius 2 is 2.04 bits per heavy atom. The zero-order chi connectivity index (χ0) is 16.7. The van der Waals surface area contributed by atoms with Crippen LogP contribution in [0.1, 0.15) is 30.9 Å². The van der Waals surface area contributed by atoms with Crippen molar-refractivity contribution in [3.63, 3.8) is 0 Å². The summed E-state index contributed by atoms with van der Waals surface area (Å²) in [6, 6.07) is 5.87. The van der Waals surface area contributed by atoms with Crippen molar-refractivity contribution in [3.8, 4) is 5.75 Å². The Morgan fingerprint density at radius 1 is 1.25 bits per heavy atom. The van der Waals surface area contributed by atoms with Gasteiger partial charge in [-0.1, -0.05) is 12.1 Å². The number of halogens is 2. The Morgan fingerprint density at radius 3 is 2.79 bits per heavy atom. The van der Waals surface area contributed by atoms with E-state index in [1.54, 1.807) is 16.8 Å². The number of fused-ring (bicyclic) bond motifs is 1. The van der Waals surface area contributed by atoms with Gasteiger partial charge < -0.3 is 10.1 Å². The number of benzene rings is 1. The highest BCUT2D eigenvalue weighted by molar-refractivity contribution is 5.99. The maximum atomic E-state index is 12.5. The van der Waals surface area contributed by atoms with Crippen molar-refractivity contribution < 1.29 is 18.3 Å². The third-order valence-corrected chi connectivity index (χ3v) is 4.23. The molecule has 24 heavy (non-hydrogen) atoms. The molecule has 0 radical (unpaired) electrons. The summed E-state index contributed by atoms with van der Waals surface area (Å²) in [5.41, 5.74) is 2.30.